The Balaban J connectivity index is 2.17. The first-order valence-corrected chi connectivity index (χ1v) is 7.20. The number of nitrogens with zero attached hydrogens (tertiary/aromatic N) is 1. The second kappa shape index (κ2) is 4.38. The van der Waals surface area contributed by atoms with Crippen molar-refractivity contribution in [2.24, 2.45) is 0 Å². The summed E-state index contributed by atoms with van der Waals surface area (Å²) in [5, 5.41) is 2.69. The summed E-state index contributed by atoms with van der Waals surface area (Å²) in [5.41, 5.74) is 5.35. The summed E-state index contributed by atoms with van der Waals surface area (Å²) in [4.78, 5) is 0. The molecule has 3 aromatic rings. The molecule has 98 valence electrons. The molecule has 0 bridgehead atoms. The van der Waals surface area contributed by atoms with Gasteiger partial charge in [0.1, 0.15) is 0 Å². The Morgan fingerprint density at radius 2 is 1.80 bits per heavy atom. The number of aryl methyl sites for hydroxylation is 1. The summed E-state index contributed by atoms with van der Waals surface area (Å²) in [6, 6.07) is 15.5. The average Bonchev–Trinajstić information content (AvgIpc) is 2.81. The van der Waals surface area contributed by atoms with Crippen LogP contribution in [0.5, 0.6) is 0 Å². The maximum absolute atomic E-state index is 2.43. The molecule has 0 spiro atoms. The highest BCUT2D eigenvalue weighted by Crippen LogP contribution is 2.34. The van der Waals surface area contributed by atoms with Crippen molar-refractivity contribution >= 4 is 27.5 Å². The maximum atomic E-state index is 2.43. The second-order valence-electron chi connectivity index (χ2n) is 5.50. The molecule has 0 N–H and O–H groups in total. The molecule has 1 heterocycles. The predicted molar refractivity (Wildman–Crippen MR) is 86.8 cm³/mol. The summed E-state index contributed by atoms with van der Waals surface area (Å²) in [7, 11) is 0. The van der Waals surface area contributed by atoms with E-state index in [1.807, 2.05) is 0 Å². The Labute approximate surface area is 118 Å². The molecule has 1 nitrogen and oxygen atoms in total. The lowest BCUT2D eigenvalue weighted by Crippen LogP contribution is -1.98. The van der Waals surface area contributed by atoms with Gasteiger partial charge in [0.15, 0.2) is 0 Å². The van der Waals surface area contributed by atoms with Gasteiger partial charge in [0, 0.05) is 16.5 Å². The number of hydrogen-bond donors (Lipinski definition) is 0. The van der Waals surface area contributed by atoms with Crippen LogP contribution in [0.2, 0.25) is 0 Å². The fourth-order valence-corrected chi connectivity index (χ4v) is 3.17. The van der Waals surface area contributed by atoms with Crippen molar-refractivity contribution in [2.75, 3.05) is 0 Å². The molecule has 1 heteroatoms. The molecular formula is C19H17N. The molecule has 0 radical (unpaired) electrons. The second-order valence-corrected chi connectivity index (χ2v) is 5.50. The van der Waals surface area contributed by atoms with Crippen molar-refractivity contribution in [2.45, 2.75) is 19.8 Å². The van der Waals surface area contributed by atoms with Crippen molar-refractivity contribution in [3.63, 3.8) is 0 Å². The molecule has 2 aromatic carbocycles. The number of aromatic nitrogens is 1. The van der Waals surface area contributed by atoms with Crippen LogP contribution < -0.4 is 0 Å². The average molecular weight is 259 g/mol. The molecule has 1 aromatic heterocycles. The molecule has 0 saturated heterocycles. The first kappa shape index (κ1) is 11.5. The zero-order valence-electron chi connectivity index (χ0n) is 11.6. The topological polar surface area (TPSA) is 4.93 Å². The zero-order valence-corrected chi connectivity index (χ0v) is 11.6. The Morgan fingerprint density at radius 1 is 0.950 bits per heavy atom. The fourth-order valence-electron chi connectivity index (χ4n) is 3.17. The monoisotopic (exact) mass is 259 g/mol. The van der Waals surface area contributed by atoms with Crippen LogP contribution in [0.3, 0.4) is 0 Å². The SMILES string of the molecule is Cc1ccc2c3ccccc3n(C3=CC=CCC3)c2c1. The Hall–Kier alpha value is -2.28. The molecule has 0 amide bonds. The van der Waals surface area contributed by atoms with Crippen LogP contribution in [0.1, 0.15) is 18.4 Å². The van der Waals surface area contributed by atoms with Crippen LogP contribution in [-0.2, 0) is 0 Å². The maximum Gasteiger partial charge on any atom is 0.0540 e. The number of fused-ring (bicyclic) bond motifs is 3. The number of para-hydroxylation sites is 1. The van der Waals surface area contributed by atoms with Gasteiger partial charge in [-0.25, -0.2) is 0 Å². The highest BCUT2D eigenvalue weighted by molar-refractivity contribution is 6.10. The third-order valence-corrected chi connectivity index (χ3v) is 4.11. The molecule has 1 aliphatic rings. The van der Waals surface area contributed by atoms with Crippen LogP contribution in [0.25, 0.3) is 27.5 Å². The predicted octanol–water partition coefficient (Wildman–Crippen LogP) is 5.29. The van der Waals surface area contributed by atoms with Crippen molar-refractivity contribution in [3.8, 4) is 0 Å². The van der Waals surface area contributed by atoms with Gasteiger partial charge in [-0.05, 0) is 43.5 Å². The lowest BCUT2D eigenvalue weighted by molar-refractivity contribution is 0.979. The van der Waals surface area contributed by atoms with Crippen LogP contribution in [0.15, 0.2) is 60.7 Å². The highest BCUT2D eigenvalue weighted by atomic mass is 15.0. The van der Waals surface area contributed by atoms with E-state index in [9.17, 15) is 0 Å². The first-order chi connectivity index (χ1) is 9.84. The van der Waals surface area contributed by atoms with Crippen LogP contribution in [0, 0.1) is 6.92 Å². The number of benzene rings is 2. The molecule has 0 saturated carbocycles. The molecule has 0 unspecified atom stereocenters. The van der Waals surface area contributed by atoms with E-state index < -0.39 is 0 Å². The van der Waals surface area contributed by atoms with Gasteiger partial charge in [0.05, 0.1) is 11.0 Å². The fraction of sp³-hybridized carbons (Fsp3) is 0.158. The summed E-state index contributed by atoms with van der Waals surface area (Å²) in [6.07, 6.45) is 8.90. The van der Waals surface area contributed by atoms with E-state index in [1.165, 1.54) is 33.1 Å². The summed E-state index contributed by atoms with van der Waals surface area (Å²) in [6.45, 7) is 2.16. The van der Waals surface area contributed by atoms with E-state index >= 15 is 0 Å². The van der Waals surface area contributed by atoms with Crippen molar-refractivity contribution in [3.05, 3.63) is 66.3 Å². The summed E-state index contributed by atoms with van der Waals surface area (Å²) in [5.74, 6) is 0. The minimum Gasteiger partial charge on any atom is -0.313 e. The van der Waals surface area contributed by atoms with Crippen LogP contribution in [-0.4, -0.2) is 4.57 Å². The van der Waals surface area contributed by atoms with Crippen LogP contribution >= 0.6 is 0 Å². The summed E-state index contributed by atoms with van der Waals surface area (Å²) < 4.78 is 2.43. The molecule has 0 aliphatic heterocycles. The highest BCUT2D eigenvalue weighted by Gasteiger charge is 2.13. The minimum absolute atomic E-state index is 1.11. The van der Waals surface area contributed by atoms with E-state index in [2.05, 4.69) is 72.2 Å². The van der Waals surface area contributed by atoms with Gasteiger partial charge < -0.3 is 4.57 Å². The van der Waals surface area contributed by atoms with Gasteiger partial charge in [0.25, 0.3) is 0 Å². The van der Waals surface area contributed by atoms with Gasteiger partial charge in [-0.2, -0.15) is 0 Å². The van der Waals surface area contributed by atoms with Gasteiger partial charge >= 0.3 is 0 Å². The van der Waals surface area contributed by atoms with E-state index in [0.717, 1.165) is 12.8 Å². The molecule has 0 fully saturated rings. The van der Waals surface area contributed by atoms with Gasteiger partial charge in [-0.15, -0.1) is 0 Å². The molecule has 1 aliphatic carbocycles. The van der Waals surface area contributed by atoms with Crippen molar-refractivity contribution < 1.29 is 0 Å². The molecular weight excluding hydrogens is 242 g/mol. The Kier molecular flexibility index (Phi) is 2.53. The molecule has 4 rings (SSSR count). The number of rotatable bonds is 1. The lowest BCUT2D eigenvalue weighted by Gasteiger charge is -2.14. The van der Waals surface area contributed by atoms with E-state index in [4.69, 9.17) is 0 Å². The van der Waals surface area contributed by atoms with Gasteiger partial charge in [-0.1, -0.05) is 42.5 Å². The molecule has 20 heavy (non-hydrogen) atoms. The van der Waals surface area contributed by atoms with E-state index in [-0.39, 0.29) is 0 Å². The Morgan fingerprint density at radius 3 is 2.65 bits per heavy atom. The molecule has 0 atom stereocenters. The lowest BCUT2D eigenvalue weighted by atomic mass is 10.1. The van der Waals surface area contributed by atoms with Gasteiger partial charge in [-0.3, -0.25) is 0 Å². The summed E-state index contributed by atoms with van der Waals surface area (Å²) >= 11 is 0. The zero-order chi connectivity index (χ0) is 13.5. The number of hydrogen-bond acceptors (Lipinski definition) is 0. The third kappa shape index (κ3) is 1.63. The largest absolute Gasteiger partial charge is 0.313 e. The standard InChI is InChI=1S/C19H17N/c1-14-11-12-17-16-9-5-6-10-18(16)20(19(17)13-14)15-7-3-2-4-8-15/h2-3,5-7,9-13H,4,8H2,1H3. The van der Waals surface area contributed by atoms with Crippen LogP contribution in [0.4, 0.5) is 0 Å². The third-order valence-electron chi connectivity index (χ3n) is 4.11. The van der Waals surface area contributed by atoms with E-state index in [0.29, 0.717) is 0 Å². The first-order valence-electron chi connectivity index (χ1n) is 7.20. The Bertz CT molecular complexity index is 862. The van der Waals surface area contributed by atoms with Crippen molar-refractivity contribution in [1.29, 1.82) is 0 Å². The quantitative estimate of drug-likeness (QED) is 0.559. The van der Waals surface area contributed by atoms with Gasteiger partial charge in [0.2, 0.25) is 0 Å². The van der Waals surface area contributed by atoms with E-state index in [1.54, 1.807) is 0 Å². The van der Waals surface area contributed by atoms with Crippen molar-refractivity contribution in [1.82, 2.24) is 4.57 Å². The number of allylic oxidation sites excluding steroid dienone is 4. The minimum atomic E-state index is 1.11. The smallest absolute Gasteiger partial charge is 0.0540 e. The normalized spacial score (nSPS) is 14.9.